The van der Waals surface area contributed by atoms with Crippen molar-refractivity contribution in [3.63, 3.8) is 0 Å². The zero-order valence-corrected chi connectivity index (χ0v) is 10.4. The van der Waals surface area contributed by atoms with Crippen LogP contribution in [0.5, 0.6) is 0 Å². The van der Waals surface area contributed by atoms with E-state index in [9.17, 15) is 9.59 Å². The minimum atomic E-state index is -0.375. The van der Waals surface area contributed by atoms with Crippen LogP contribution in [0.1, 0.15) is 19.8 Å². The van der Waals surface area contributed by atoms with Gasteiger partial charge in [-0.25, -0.2) is 0 Å². The average Bonchev–Trinajstić information content (AvgIpc) is 2.32. The van der Waals surface area contributed by atoms with Crippen molar-refractivity contribution in [2.24, 2.45) is 0 Å². The van der Waals surface area contributed by atoms with E-state index in [1.54, 1.807) is 6.08 Å². The van der Waals surface area contributed by atoms with Crippen LogP contribution in [0.3, 0.4) is 0 Å². The Balaban J connectivity index is 2.44. The maximum absolute atomic E-state index is 12.0. The van der Waals surface area contributed by atoms with E-state index in [1.807, 2.05) is 11.8 Å². The highest BCUT2D eigenvalue weighted by Gasteiger charge is 2.29. The highest BCUT2D eigenvalue weighted by molar-refractivity contribution is 5.88. The van der Waals surface area contributed by atoms with Crippen molar-refractivity contribution in [3.8, 4) is 0 Å². The second-order valence-electron chi connectivity index (χ2n) is 4.13. The first-order valence-corrected chi connectivity index (χ1v) is 6.08. The van der Waals surface area contributed by atoms with Gasteiger partial charge in [-0.2, -0.15) is 0 Å². The molecule has 0 aromatic rings. The highest BCUT2D eigenvalue weighted by Crippen LogP contribution is 2.05. The first-order valence-electron chi connectivity index (χ1n) is 6.08. The molecule has 96 valence electrons. The summed E-state index contributed by atoms with van der Waals surface area (Å²) < 4.78 is 0. The molecule has 5 heteroatoms. The molecule has 0 aromatic heterocycles. The molecule has 2 amide bonds. The van der Waals surface area contributed by atoms with Crippen LogP contribution in [0.15, 0.2) is 12.7 Å². The molecule has 1 heterocycles. The summed E-state index contributed by atoms with van der Waals surface area (Å²) in [5, 5.41) is 5.77. The predicted octanol–water partition coefficient (Wildman–Crippen LogP) is -0.111. The van der Waals surface area contributed by atoms with Crippen LogP contribution in [-0.2, 0) is 9.59 Å². The van der Waals surface area contributed by atoms with Crippen LogP contribution in [0.2, 0.25) is 0 Å². The predicted molar refractivity (Wildman–Crippen MR) is 66.5 cm³/mol. The number of piperazine rings is 1. The number of carbonyl (C=O) groups excluding carboxylic acids is 2. The largest absolute Gasteiger partial charge is 0.353 e. The maximum Gasteiger partial charge on any atom is 0.240 e. The molecule has 5 nitrogen and oxygen atoms in total. The summed E-state index contributed by atoms with van der Waals surface area (Å²) >= 11 is 0. The summed E-state index contributed by atoms with van der Waals surface area (Å²) in [5.41, 5.74) is 0. The molecule has 1 aliphatic rings. The van der Waals surface area contributed by atoms with Gasteiger partial charge in [-0.05, 0) is 6.42 Å². The average molecular weight is 239 g/mol. The molecule has 1 atom stereocenters. The van der Waals surface area contributed by atoms with Gasteiger partial charge in [0.25, 0.3) is 0 Å². The zero-order valence-electron chi connectivity index (χ0n) is 10.4. The van der Waals surface area contributed by atoms with Crippen molar-refractivity contribution in [1.82, 2.24) is 15.5 Å². The van der Waals surface area contributed by atoms with Crippen molar-refractivity contribution >= 4 is 11.8 Å². The zero-order chi connectivity index (χ0) is 12.7. The van der Waals surface area contributed by atoms with Crippen LogP contribution in [0.25, 0.3) is 0 Å². The Kier molecular flexibility index (Phi) is 5.69. The Labute approximate surface area is 102 Å². The lowest BCUT2D eigenvalue weighted by atomic mass is 10.1. The molecule has 0 aromatic carbocycles. The molecule has 1 saturated heterocycles. The third-order valence-corrected chi connectivity index (χ3v) is 2.71. The fourth-order valence-electron chi connectivity index (χ4n) is 1.89. The number of rotatable bonds is 6. The maximum atomic E-state index is 12.0. The van der Waals surface area contributed by atoms with Crippen molar-refractivity contribution in [2.75, 3.05) is 26.2 Å². The van der Waals surface area contributed by atoms with Gasteiger partial charge >= 0.3 is 0 Å². The van der Waals surface area contributed by atoms with Crippen molar-refractivity contribution < 1.29 is 9.59 Å². The molecule has 0 spiro atoms. The second-order valence-corrected chi connectivity index (χ2v) is 4.13. The van der Waals surface area contributed by atoms with E-state index in [-0.39, 0.29) is 24.3 Å². The molecule has 2 N–H and O–H groups in total. The van der Waals surface area contributed by atoms with E-state index in [4.69, 9.17) is 0 Å². The third-order valence-electron chi connectivity index (χ3n) is 2.71. The Bertz CT molecular complexity index is 289. The van der Waals surface area contributed by atoms with E-state index in [1.165, 1.54) is 0 Å². The van der Waals surface area contributed by atoms with Crippen molar-refractivity contribution in [1.29, 1.82) is 0 Å². The number of hydrogen-bond donors (Lipinski definition) is 2. The van der Waals surface area contributed by atoms with E-state index in [2.05, 4.69) is 17.2 Å². The monoisotopic (exact) mass is 239 g/mol. The SMILES string of the molecule is C=CCNC(=O)CC1NCCN(CCC)C1=O. The molecule has 0 aliphatic carbocycles. The molecule has 0 bridgehead atoms. The molecule has 1 fully saturated rings. The minimum absolute atomic E-state index is 0.0341. The smallest absolute Gasteiger partial charge is 0.240 e. The normalized spacial score (nSPS) is 20.2. The fourth-order valence-corrected chi connectivity index (χ4v) is 1.89. The number of nitrogens with zero attached hydrogens (tertiary/aromatic N) is 1. The van der Waals surface area contributed by atoms with Gasteiger partial charge in [-0.3, -0.25) is 9.59 Å². The van der Waals surface area contributed by atoms with E-state index >= 15 is 0 Å². The number of nitrogens with one attached hydrogen (secondary N) is 2. The van der Waals surface area contributed by atoms with E-state index in [0.29, 0.717) is 6.54 Å². The molecule has 0 saturated carbocycles. The van der Waals surface area contributed by atoms with Crippen LogP contribution < -0.4 is 10.6 Å². The Morgan fingerprint density at radius 2 is 2.47 bits per heavy atom. The van der Waals surface area contributed by atoms with Gasteiger partial charge in [0, 0.05) is 26.2 Å². The summed E-state index contributed by atoms with van der Waals surface area (Å²) in [5.74, 6) is -0.0825. The topological polar surface area (TPSA) is 61.4 Å². The summed E-state index contributed by atoms with van der Waals surface area (Å²) in [6.45, 7) is 8.27. The Morgan fingerprint density at radius 3 is 3.12 bits per heavy atom. The van der Waals surface area contributed by atoms with Gasteiger partial charge in [0.2, 0.25) is 11.8 Å². The molecule has 1 aliphatic heterocycles. The summed E-state index contributed by atoms with van der Waals surface area (Å²) in [7, 11) is 0. The number of hydrogen-bond acceptors (Lipinski definition) is 3. The first-order chi connectivity index (χ1) is 8.19. The lowest BCUT2D eigenvalue weighted by Crippen LogP contribution is -2.56. The minimum Gasteiger partial charge on any atom is -0.353 e. The summed E-state index contributed by atoms with van der Waals surface area (Å²) in [6, 6.07) is -0.375. The molecule has 0 radical (unpaired) electrons. The number of amides is 2. The van der Waals surface area contributed by atoms with Crippen molar-refractivity contribution in [2.45, 2.75) is 25.8 Å². The van der Waals surface area contributed by atoms with Gasteiger partial charge < -0.3 is 15.5 Å². The summed E-state index contributed by atoms with van der Waals surface area (Å²) in [6.07, 6.45) is 2.77. The van der Waals surface area contributed by atoms with Gasteiger partial charge in [-0.15, -0.1) is 6.58 Å². The molecule has 1 unspecified atom stereocenters. The standard InChI is InChI=1S/C12H21N3O2/c1-3-5-14-11(16)9-10-12(17)15(7-4-2)8-6-13-10/h3,10,13H,1,4-9H2,2H3,(H,14,16). The fraction of sp³-hybridized carbons (Fsp3) is 0.667. The molecule has 1 rings (SSSR count). The quantitative estimate of drug-likeness (QED) is 0.636. The Morgan fingerprint density at radius 1 is 1.71 bits per heavy atom. The molecular weight excluding hydrogens is 218 g/mol. The van der Waals surface area contributed by atoms with Crippen LogP contribution in [0, 0.1) is 0 Å². The summed E-state index contributed by atoms with van der Waals surface area (Å²) in [4.78, 5) is 25.3. The van der Waals surface area contributed by atoms with Crippen LogP contribution in [-0.4, -0.2) is 48.9 Å². The van der Waals surface area contributed by atoms with E-state index in [0.717, 1.165) is 26.1 Å². The van der Waals surface area contributed by atoms with Gasteiger partial charge in [-0.1, -0.05) is 13.0 Å². The first kappa shape index (κ1) is 13.7. The molecular formula is C12H21N3O2. The lowest BCUT2D eigenvalue weighted by molar-refractivity contribution is -0.138. The van der Waals surface area contributed by atoms with Crippen molar-refractivity contribution in [3.05, 3.63) is 12.7 Å². The highest BCUT2D eigenvalue weighted by atomic mass is 16.2. The van der Waals surface area contributed by atoms with Gasteiger partial charge in [0.1, 0.15) is 0 Å². The van der Waals surface area contributed by atoms with E-state index < -0.39 is 0 Å². The second kappa shape index (κ2) is 7.06. The Hall–Kier alpha value is -1.36. The van der Waals surface area contributed by atoms with Crippen LogP contribution in [0.4, 0.5) is 0 Å². The number of carbonyl (C=O) groups is 2. The van der Waals surface area contributed by atoms with Gasteiger partial charge in [0.15, 0.2) is 0 Å². The molecule has 17 heavy (non-hydrogen) atoms. The van der Waals surface area contributed by atoms with Crippen LogP contribution >= 0.6 is 0 Å². The lowest BCUT2D eigenvalue weighted by Gasteiger charge is -2.32. The van der Waals surface area contributed by atoms with Gasteiger partial charge in [0.05, 0.1) is 12.5 Å². The third kappa shape index (κ3) is 4.19.